The summed E-state index contributed by atoms with van der Waals surface area (Å²) in [6.07, 6.45) is 10.2. The molecule has 0 radical (unpaired) electrons. The van der Waals surface area contributed by atoms with Gasteiger partial charge in [-0.2, -0.15) is 0 Å². The molecule has 0 aliphatic heterocycles. The van der Waals surface area contributed by atoms with Crippen LogP contribution in [0.25, 0.3) is 0 Å². The summed E-state index contributed by atoms with van der Waals surface area (Å²) < 4.78 is 0. The smallest absolute Gasteiger partial charge is 0.0128 e. The second kappa shape index (κ2) is 8.18. The first kappa shape index (κ1) is 16.0. The maximum absolute atomic E-state index is 3.55. The lowest BCUT2D eigenvalue weighted by molar-refractivity contribution is 0.209. The molecule has 0 aromatic rings. The van der Waals surface area contributed by atoms with Crippen LogP contribution in [0.2, 0.25) is 0 Å². The molecule has 0 amide bonds. The molecule has 0 bridgehead atoms. The average molecular weight is 232 g/mol. The molecule has 0 nitrogen and oxygen atoms in total. The first-order valence-electron chi connectivity index (χ1n) is 6.66. The van der Waals surface area contributed by atoms with E-state index in [0.29, 0.717) is 11.3 Å². The van der Waals surface area contributed by atoms with Crippen molar-refractivity contribution in [3.63, 3.8) is 0 Å². The van der Waals surface area contributed by atoms with E-state index in [0.717, 1.165) is 5.92 Å². The third kappa shape index (κ3) is 7.05. The Morgan fingerprint density at radius 1 is 1.29 bits per heavy atom. The first-order chi connectivity index (χ1) is 7.94. The van der Waals surface area contributed by atoms with Crippen LogP contribution in [0.1, 0.15) is 53.9 Å². The summed E-state index contributed by atoms with van der Waals surface area (Å²) in [6.45, 7) is 14.9. The minimum absolute atomic E-state index is 0.319. The fourth-order valence-electron chi connectivity index (χ4n) is 2.14. The van der Waals surface area contributed by atoms with Gasteiger partial charge < -0.3 is 0 Å². The molecule has 2 unspecified atom stereocenters. The van der Waals surface area contributed by atoms with Crippen LogP contribution in [0, 0.1) is 17.3 Å². The van der Waals surface area contributed by atoms with E-state index in [2.05, 4.69) is 70.9 Å². The molecule has 0 spiro atoms. The maximum atomic E-state index is 3.55. The molecule has 0 aromatic carbocycles. The minimum Gasteiger partial charge on any atom is -0.0917 e. The van der Waals surface area contributed by atoms with Gasteiger partial charge in [-0.05, 0) is 56.1 Å². The lowest BCUT2D eigenvalue weighted by atomic mass is 9.73. The SMILES string of the molecule is C=C=C=CC(C)C(C)(C)CC(C)CCC=CC. The van der Waals surface area contributed by atoms with Gasteiger partial charge in [-0.25, -0.2) is 0 Å². The topological polar surface area (TPSA) is 0 Å². The molecule has 96 valence electrons. The van der Waals surface area contributed by atoms with Gasteiger partial charge in [0.15, 0.2) is 0 Å². The zero-order valence-corrected chi connectivity index (χ0v) is 12.2. The van der Waals surface area contributed by atoms with Gasteiger partial charge >= 0.3 is 0 Å². The molecule has 0 aliphatic rings. The third-order valence-corrected chi connectivity index (χ3v) is 3.60. The fraction of sp³-hybridized carbons (Fsp3) is 0.647. The summed E-state index contributed by atoms with van der Waals surface area (Å²) in [4.78, 5) is 0. The Hall–Kier alpha value is -0.960. The van der Waals surface area contributed by atoms with Gasteiger partial charge in [-0.1, -0.05) is 51.3 Å². The Morgan fingerprint density at radius 2 is 1.94 bits per heavy atom. The first-order valence-corrected chi connectivity index (χ1v) is 6.66. The van der Waals surface area contributed by atoms with E-state index in [4.69, 9.17) is 0 Å². The quantitative estimate of drug-likeness (QED) is 0.400. The second-order valence-electron chi connectivity index (χ2n) is 5.72. The van der Waals surface area contributed by atoms with Crippen molar-refractivity contribution in [2.45, 2.75) is 53.9 Å². The molecule has 0 aromatic heterocycles. The summed E-state index contributed by atoms with van der Waals surface area (Å²) >= 11 is 0. The Labute approximate surface area is 108 Å². The Kier molecular flexibility index (Phi) is 7.72. The average Bonchev–Trinajstić information content (AvgIpc) is 2.25. The molecule has 0 fully saturated rings. The molecular formula is C17H28. The lowest BCUT2D eigenvalue weighted by Crippen LogP contribution is -2.22. The van der Waals surface area contributed by atoms with Crippen molar-refractivity contribution in [3.05, 3.63) is 36.3 Å². The third-order valence-electron chi connectivity index (χ3n) is 3.60. The molecule has 0 saturated heterocycles. The molecule has 0 N–H and O–H groups in total. The summed E-state index contributed by atoms with van der Waals surface area (Å²) in [5.74, 6) is 1.28. The summed E-state index contributed by atoms with van der Waals surface area (Å²) in [6, 6.07) is 0. The molecule has 0 aliphatic carbocycles. The highest BCUT2D eigenvalue weighted by Crippen LogP contribution is 2.35. The maximum Gasteiger partial charge on any atom is -0.0128 e. The second-order valence-corrected chi connectivity index (χ2v) is 5.72. The van der Waals surface area contributed by atoms with Gasteiger partial charge in [-0.3, -0.25) is 0 Å². The van der Waals surface area contributed by atoms with Crippen molar-refractivity contribution in [1.29, 1.82) is 0 Å². The van der Waals surface area contributed by atoms with E-state index in [-0.39, 0.29) is 0 Å². The van der Waals surface area contributed by atoms with Crippen LogP contribution >= 0.6 is 0 Å². The largest absolute Gasteiger partial charge is 0.0917 e. The monoisotopic (exact) mass is 232 g/mol. The number of hydrogen-bond acceptors (Lipinski definition) is 0. The fourth-order valence-corrected chi connectivity index (χ4v) is 2.14. The summed E-state index contributed by atoms with van der Waals surface area (Å²) in [5, 5.41) is 0. The van der Waals surface area contributed by atoms with E-state index in [1.807, 2.05) is 0 Å². The van der Waals surface area contributed by atoms with Gasteiger partial charge in [0.1, 0.15) is 0 Å². The van der Waals surface area contributed by atoms with Crippen molar-refractivity contribution in [2.24, 2.45) is 17.3 Å². The lowest BCUT2D eigenvalue weighted by Gasteiger charge is -2.32. The molecule has 0 rings (SSSR count). The van der Waals surface area contributed by atoms with Crippen molar-refractivity contribution in [1.82, 2.24) is 0 Å². The zero-order chi connectivity index (χ0) is 13.3. The highest BCUT2D eigenvalue weighted by atomic mass is 14.3. The van der Waals surface area contributed by atoms with E-state index in [1.165, 1.54) is 19.3 Å². The molecule has 2 atom stereocenters. The molecular weight excluding hydrogens is 204 g/mol. The highest BCUT2D eigenvalue weighted by molar-refractivity contribution is 4.93. The molecule has 0 saturated carbocycles. The Bertz CT molecular complexity index is 307. The number of hydrogen-bond donors (Lipinski definition) is 0. The van der Waals surface area contributed by atoms with E-state index in [1.54, 1.807) is 0 Å². The number of allylic oxidation sites excluding steroid dienone is 3. The van der Waals surface area contributed by atoms with Gasteiger partial charge in [0, 0.05) is 0 Å². The predicted octanol–water partition coefficient (Wildman–Crippen LogP) is 5.53. The molecule has 17 heavy (non-hydrogen) atoms. The van der Waals surface area contributed by atoms with Crippen LogP contribution in [0.4, 0.5) is 0 Å². The molecule has 0 heteroatoms. The molecule has 0 heterocycles. The van der Waals surface area contributed by atoms with Gasteiger partial charge in [0.2, 0.25) is 0 Å². The number of rotatable bonds is 7. The summed E-state index contributed by atoms with van der Waals surface area (Å²) in [7, 11) is 0. The van der Waals surface area contributed by atoms with Crippen LogP contribution in [-0.4, -0.2) is 0 Å². The minimum atomic E-state index is 0.319. The predicted molar refractivity (Wildman–Crippen MR) is 78.0 cm³/mol. The van der Waals surface area contributed by atoms with Crippen LogP contribution in [0.5, 0.6) is 0 Å². The van der Waals surface area contributed by atoms with Crippen molar-refractivity contribution < 1.29 is 0 Å². The van der Waals surface area contributed by atoms with Crippen molar-refractivity contribution >= 4 is 0 Å². The standard InChI is InChI=1S/C17H28/c1-7-9-11-12-15(3)14-17(5,6)16(4)13-10-8-2/h7,9,13,15-16H,2,11-12,14H2,1,3-6H3. The van der Waals surface area contributed by atoms with E-state index >= 15 is 0 Å². The Balaban J connectivity index is 4.31. The van der Waals surface area contributed by atoms with Crippen molar-refractivity contribution in [2.75, 3.05) is 0 Å². The van der Waals surface area contributed by atoms with Gasteiger partial charge in [-0.15, -0.1) is 0 Å². The zero-order valence-electron chi connectivity index (χ0n) is 12.2. The van der Waals surface area contributed by atoms with Crippen LogP contribution < -0.4 is 0 Å². The van der Waals surface area contributed by atoms with Crippen LogP contribution in [0.3, 0.4) is 0 Å². The summed E-state index contributed by atoms with van der Waals surface area (Å²) in [5.41, 5.74) is 6.00. The highest BCUT2D eigenvalue weighted by Gasteiger charge is 2.25. The van der Waals surface area contributed by atoms with Crippen LogP contribution in [0.15, 0.2) is 36.3 Å². The van der Waals surface area contributed by atoms with Crippen molar-refractivity contribution in [3.8, 4) is 0 Å². The Morgan fingerprint density at radius 3 is 2.47 bits per heavy atom. The normalized spacial score (nSPS) is 15.1. The van der Waals surface area contributed by atoms with Gasteiger partial charge in [0.25, 0.3) is 0 Å². The van der Waals surface area contributed by atoms with Gasteiger partial charge in [0.05, 0.1) is 0 Å². The van der Waals surface area contributed by atoms with E-state index in [9.17, 15) is 0 Å². The van der Waals surface area contributed by atoms with Crippen LogP contribution in [-0.2, 0) is 0 Å². The van der Waals surface area contributed by atoms with E-state index < -0.39 is 0 Å².